The molecule has 2 nitrogen and oxygen atoms in total. The molecule has 0 bridgehead atoms. The molecule has 2 rings (SSSR count). The van der Waals surface area contributed by atoms with Crippen LogP contribution < -0.4 is 5.32 Å². The zero-order valence-corrected chi connectivity index (χ0v) is 10.7. The van der Waals surface area contributed by atoms with Crippen molar-refractivity contribution in [2.75, 3.05) is 11.2 Å². The number of nitrogens with one attached hydrogen (secondary N) is 1. The van der Waals surface area contributed by atoms with E-state index in [1.165, 1.54) is 5.39 Å². The maximum absolute atomic E-state index is 5.68. The molecule has 0 aliphatic rings. The van der Waals surface area contributed by atoms with Gasteiger partial charge in [-0.2, -0.15) is 0 Å². The minimum atomic E-state index is 0.405. The minimum absolute atomic E-state index is 0.405. The monoisotopic (exact) mass is 248 g/mol. The number of para-hydroxylation sites is 1. The van der Waals surface area contributed by atoms with Gasteiger partial charge in [0.25, 0.3) is 0 Å². The van der Waals surface area contributed by atoms with Gasteiger partial charge in [0.05, 0.1) is 5.52 Å². The topological polar surface area (TPSA) is 24.9 Å². The number of hydrogen-bond donors (Lipinski definition) is 1. The molecule has 1 N–H and O–H groups in total. The van der Waals surface area contributed by atoms with Crippen LogP contribution in [0.25, 0.3) is 10.9 Å². The molecule has 0 radical (unpaired) electrons. The molecular weight excluding hydrogens is 232 g/mol. The Morgan fingerprint density at radius 1 is 1.24 bits per heavy atom. The number of pyridine rings is 1. The molecule has 0 spiro atoms. The fraction of sp³-hybridized carbons (Fsp3) is 0.357. The van der Waals surface area contributed by atoms with E-state index >= 15 is 0 Å². The molecule has 1 unspecified atom stereocenters. The van der Waals surface area contributed by atoms with Crippen LogP contribution in [-0.2, 0) is 0 Å². The van der Waals surface area contributed by atoms with Crippen LogP contribution >= 0.6 is 11.6 Å². The lowest BCUT2D eigenvalue weighted by Crippen LogP contribution is -2.15. The van der Waals surface area contributed by atoms with Crippen molar-refractivity contribution in [1.29, 1.82) is 0 Å². The minimum Gasteiger partial charge on any atom is -0.368 e. The van der Waals surface area contributed by atoms with Gasteiger partial charge >= 0.3 is 0 Å². The van der Waals surface area contributed by atoms with Crippen LogP contribution in [0, 0.1) is 0 Å². The Bertz CT molecular complexity index is 484. The summed E-state index contributed by atoms with van der Waals surface area (Å²) >= 11 is 5.68. The summed E-state index contributed by atoms with van der Waals surface area (Å²) in [6.45, 7) is 2.16. The van der Waals surface area contributed by atoms with Gasteiger partial charge in [-0.1, -0.05) is 18.2 Å². The highest BCUT2D eigenvalue weighted by molar-refractivity contribution is 6.17. The summed E-state index contributed by atoms with van der Waals surface area (Å²) in [5, 5.41) is 4.57. The van der Waals surface area contributed by atoms with Crippen molar-refractivity contribution < 1.29 is 0 Å². The number of hydrogen-bond acceptors (Lipinski definition) is 2. The van der Waals surface area contributed by atoms with Crippen LogP contribution in [0.4, 0.5) is 5.82 Å². The summed E-state index contributed by atoms with van der Waals surface area (Å²) in [6.07, 6.45) is 2.10. The molecule has 0 fully saturated rings. The normalized spacial score (nSPS) is 12.6. The molecule has 1 heterocycles. The number of aromatic nitrogens is 1. The number of alkyl halides is 1. The van der Waals surface area contributed by atoms with Crippen molar-refractivity contribution >= 4 is 28.3 Å². The van der Waals surface area contributed by atoms with E-state index < -0.39 is 0 Å². The summed E-state index contributed by atoms with van der Waals surface area (Å²) in [7, 11) is 0. The summed E-state index contributed by atoms with van der Waals surface area (Å²) in [5.74, 6) is 1.66. The van der Waals surface area contributed by atoms with Crippen LogP contribution in [0.15, 0.2) is 36.4 Å². The Morgan fingerprint density at radius 2 is 2.06 bits per heavy atom. The van der Waals surface area contributed by atoms with Gasteiger partial charge in [0.1, 0.15) is 5.82 Å². The molecule has 1 aromatic carbocycles. The van der Waals surface area contributed by atoms with Gasteiger partial charge in [0.2, 0.25) is 0 Å². The van der Waals surface area contributed by atoms with Gasteiger partial charge in [-0.15, -0.1) is 11.6 Å². The van der Waals surface area contributed by atoms with E-state index in [1.807, 2.05) is 24.3 Å². The third-order valence-corrected chi connectivity index (χ3v) is 3.03. The van der Waals surface area contributed by atoms with Crippen molar-refractivity contribution in [2.24, 2.45) is 0 Å². The molecule has 0 saturated heterocycles. The van der Waals surface area contributed by atoms with E-state index in [9.17, 15) is 0 Å². The van der Waals surface area contributed by atoms with E-state index in [-0.39, 0.29) is 0 Å². The quantitative estimate of drug-likeness (QED) is 0.808. The van der Waals surface area contributed by atoms with Gasteiger partial charge in [-0.05, 0) is 38.0 Å². The summed E-state index contributed by atoms with van der Waals surface area (Å²) in [4.78, 5) is 4.58. The lowest BCUT2D eigenvalue weighted by Gasteiger charge is -2.14. The van der Waals surface area contributed by atoms with Crippen LogP contribution in [0.3, 0.4) is 0 Å². The molecule has 1 aromatic heterocycles. The number of anilines is 1. The predicted octanol–water partition coefficient (Wildman–Crippen LogP) is 4.05. The van der Waals surface area contributed by atoms with Crippen molar-refractivity contribution in [2.45, 2.75) is 25.8 Å². The van der Waals surface area contributed by atoms with E-state index in [1.54, 1.807) is 0 Å². The van der Waals surface area contributed by atoms with E-state index in [2.05, 4.69) is 29.4 Å². The van der Waals surface area contributed by atoms with Gasteiger partial charge in [0, 0.05) is 17.3 Å². The van der Waals surface area contributed by atoms with Crippen LogP contribution in [-0.4, -0.2) is 16.9 Å². The number of nitrogens with zero attached hydrogens (tertiary/aromatic N) is 1. The smallest absolute Gasteiger partial charge is 0.126 e. The molecule has 90 valence electrons. The molecule has 0 amide bonds. The molecule has 0 aliphatic heterocycles. The van der Waals surface area contributed by atoms with Crippen LogP contribution in [0.1, 0.15) is 19.8 Å². The number of rotatable bonds is 5. The van der Waals surface area contributed by atoms with E-state index in [0.717, 1.165) is 30.1 Å². The van der Waals surface area contributed by atoms with Gasteiger partial charge < -0.3 is 5.32 Å². The van der Waals surface area contributed by atoms with Crippen LogP contribution in [0.2, 0.25) is 0 Å². The standard InChI is InChI=1S/C14H17ClN2/c1-11(5-4-10-15)16-14-9-8-12-6-2-3-7-13(12)17-14/h2-3,6-9,11H,4-5,10H2,1H3,(H,16,17). The highest BCUT2D eigenvalue weighted by Crippen LogP contribution is 2.15. The average molecular weight is 249 g/mol. The zero-order valence-electron chi connectivity index (χ0n) is 9.99. The van der Waals surface area contributed by atoms with Crippen molar-refractivity contribution in [3.05, 3.63) is 36.4 Å². The lowest BCUT2D eigenvalue weighted by molar-refractivity contribution is 0.691. The summed E-state index contributed by atoms with van der Waals surface area (Å²) in [5.41, 5.74) is 1.03. The summed E-state index contributed by atoms with van der Waals surface area (Å²) < 4.78 is 0. The lowest BCUT2D eigenvalue weighted by atomic mass is 10.2. The van der Waals surface area contributed by atoms with Gasteiger partial charge in [-0.25, -0.2) is 4.98 Å². The molecule has 1 atom stereocenters. The van der Waals surface area contributed by atoms with E-state index in [4.69, 9.17) is 11.6 Å². The highest BCUT2D eigenvalue weighted by atomic mass is 35.5. The highest BCUT2D eigenvalue weighted by Gasteiger charge is 2.03. The molecule has 17 heavy (non-hydrogen) atoms. The second-order valence-electron chi connectivity index (χ2n) is 4.27. The second kappa shape index (κ2) is 5.87. The van der Waals surface area contributed by atoms with Crippen molar-refractivity contribution in [1.82, 2.24) is 4.98 Å². The predicted molar refractivity (Wildman–Crippen MR) is 74.8 cm³/mol. The zero-order chi connectivity index (χ0) is 12.1. The maximum Gasteiger partial charge on any atom is 0.126 e. The fourth-order valence-electron chi connectivity index (χ4n) is 1.85. The largest absolute Gasteiger partial charge is 0.368 e. The Labute approximate surface area is 107 Å². The van der Waals surface area contributed by atoms with Crippen molar-refractivity contribution in [3.8, 4) is 0 Å². The number of halogens is 1. The Hall–Kier alpha value is -1.28. The molecule has 0 aliphatic carbocycles. The Kier molecular flexibility index (Phi) is 4.21. The molecule has 3 heteroatoms. The summed E-state index contributed by atoms with van der Waals surface area (Å²) in [6, 6.07) is 12.7. The van der Waals surface area contributed by atoms with Gasteiger partial charge in [0.15, 0.2) is 0 Å². The number of fused-ring (bicyclic) bond motifs is 1. The third-order valence-electron chi connectivity index (χ3n) is 2.76. The maximum atomic E-state index is 5.68. The fourth-order valence-corrected chi connectivity index (χ4v) is 2.01. The first-order chi connectivity index (χ1) is 8.29. The first-order valence-corrected chi connectivity index (χ1v) is 6.51. The first kappa shape index (κ1) is 12.2. The first-order valence-electron chi connectivity index (χ1n) is 5.98. The molecular formula is C14H17ClN2. The third kappa shape index (κ3) is 3.34. The van der Waals surface area contributed by atoms with Crippen LogP contribution in [0.5, 0.6) is 0 Å². The number of benzene rings is 1. The Balaban J connectivity index is 2.08. The van der Waals surface area contributed by atoms with Gasteiger partial charge in [-0.3, -0.25) is 0 Å². The second-order valence-corrected chi connectivity index (χ2v) is 4.64. The Morgan fingerprint density at radius 3 is 2.88 bits per heavy atom. The van der Waals surface area contributed by atoms with E-state index in [0.29, 0.717) is 6.04 Å². The SMILES string of the molecule is CC(CCCCl)Nc1ccc2ccccc2n1. The molecule has 2 aromatic rings. The molecule has 0 saturated carbocycles. The average Bonchev–Trinajstić information content (AvgIpc) is 2.36. The van der Waals surface area contributed by atoms with Crippen molar-refractivity contribution in [3.63, 3.8) is 0 Å².